The minimum absolute atomic E-state index is 0.0407. The van der Waals surface area contributed by atoms with Crippen LogP contribution in [0.1, 0.15) is 125 Å². The minimum atomic E-state index is -0.843. The first kappa shape index (κ1) is 44.2. The number of rotatable bonds is 15. The van der Waals surface area contributed by atoms with Crippen molar-refractivity contribution in [2.75, 3.05) is 40.9 Å². The summed E-state index contributed by atoms with van der Waals surface area (Å²) in [5.41, 5.74) is 0.306. The number of hydrogen-bond donors (Lipinski definition) is 5. The summed E-state index contributed by atoms with van der Waals surface area (Å²) >= 11 is 0. The maximum atomic E-state index is 14.4. The van der Waals surface area contributed by atoms with E-state index in [0.717, 1.165) is 51.5 Å². The number of nitrogens with zero attached hydrogens (tertiary/aromatic N) is 2. The standard InChI is InChI=1S/C45H80N4O7/c1-26-37-21-34(45(37,4)5)22-38(26)47-44(54)41-40(28(3)52)39(25-50)56-49(41)23-30-15-12-16-36(42(30)55-8)32-18-31(27(2)51)19-33(20-32)43(53)46-35(24-48(6)7)17-29-13-10-9-11-14-29/h26-42,50-52H,9-25H2,1-8H3,(H,46,53)(H,47,54)/t26-,27?,28-,30?,31?,32?,33?,34+,35-,36?,37-,38-,39-,40-,41-,42?/m0/s1. The van der Waals surface area contributed by atoms with E-state index in [1.54, 1.807) is 19.1 Å². The minimum Gasteiger partial charge on any atom is -0.394 e. The second-order valence-electron chi connectivity index (χ2n) is 20.7. The third-order valence-electron chi connectivity index (χ3n) is 16.5. The highest BCUT2D eigenvalue weighted by Crippen LogP contribution is 2.61. The fourth-order valence-corrected chi connectivity index (χ4v) is 13.2. The van der Waals surface area contributed by atoms with Crippen LogP contribution in [0, 0.1) is 64.6 Å². The lowest BCUT2D eigenvalue weighted by Crippen LogP contribution is -2.62. The van der Waals surface area contributed by atoms with Gasteiger partial charge in [0.15, 0.2) is 0 Å². The normalized spacial score (nSPS) is 40.8. The van der Waals surface area contributed by atoms with Gasteiger partial charge in [-0.3, -0.25) is 14.4 Å². The van der Waals surface area contributed by atoms with Gasteiger partial charge in [-0.1, -0.05) is 59.3 Å². The number of fused-ring (bicyclic) bond motifs is 2. The molecule has 1 saturated heterocycles. The van der Waals surface area contributed by atoms with Gasteiger partial charge in [0.05, 0.1) is 24.9 Å². The van der Waals surface area contributed by atoms with E-state index in [1.807, 2.05) is 6.92 Å². The number of hydrogen-bond acceptors (Lipinski definition) is 9. The van der Waals surface area contributed by atoms with Crippen molar-refractivity contribution in [2.45, 2.75) is 167 Å². The number of likely N-dealkylation sites (N-methyl/N-ethyl adjacent to an activating group) is 1. The first-order valence-corrected chi connectivity index (χ1v) is 22.8. The van der Waals surface area contributed by atoms with Crippen molar-refractivity contribution >= 4 is 11.8 Å². The number of carbonyl (C=O) groups is 2. The highest BCUT2D eigenvalue weighted by atomic mass is 16.7. The number of methoxy groups -OCH3 is 1. The van der Waals surface area contributed by atoms with Crippen LogP contribution in [0.2, 0.25) is 0 Å². The van der Waals surface area contributed by atoms with Crippen molar-refractivity contribution in [3.05, 3.63) is 0 Å². The van der Waals surface area contributed by atoms with Gasteiger partial charge in [0, 0.05) is 50.0 Å². The third-order valence-corrected chi connectivity index (χ3v) is 16.5. The summed E-state index contributed by atoms with van der Waals surface area (Å²) in [6, 6.07) is -0.525. The molecule has 56 heavy (non-hydrogen) atoms. The second-order valence-corrected chi connectivity index (χ2v) is 20.7. The topological polar surface area (TPSA) is 144 Å². The molecule has 0 aromatic rings. The van der Waals surface area contributed by atoms with E-state index < -0.39 is 30.3 Å². The lowest BCUT2D eigenvalue weighted by atomic mass is 9.45. The molecule has 0 radical (unpaired) electrons. The zero-order chi connectivity index (χ0) is 40.5. The molecule has 7 aliphatic rings. The Hall–Kier alpha value is -1.34. The number of carbonyl (C=O) groups excluding carboxylic acids is 2. The molecule has 6 aliphatic carbocycles. The van der Waals surface area contributed by atoms with Crippen molar-refractivity contribution in [2.24, 2.45) is 64.6 Å². The van der Waals surface area contributed by atoms with Crippen LogP contribution in [0.15, 0.2) is 0 Å². The molecule has 0 aromatic heterocycles. The molecule has 6 saturated carbocycles. The number of ether oxygens (including phenoxy) is 1. The van der Waals surface area contributed by atoms with E-state index in [9.17, 15) is 24.9 Å². The number of aliphatic hydroxyl groups excluding tert-OH is 3. The highest BCUT2D eigenvalue weighted by molar-refractivity contribution is 5.83. The molecule has 7 rings (SSSR count). The van der Waals surface area contributed by atoms with Crippen molar-refractivity contribution < 1.29 is 34.5 Å². The molecule has 1 aliphatic heterocycles. The van der Waals surface area contributed by atoms with E-state index in [1.165, 1.54) is 38.5 Å². The maximum absolute atomic E-state index is 14.4. The maximum Gasteiger partial charge on any atom is 0.240 e. The summed E-state index contributed by atoms with van der Waals surface area (Å²) < 4.78 is 6.41. The SMILES string of the molecule is COC1C(CN2O[C@@H](CO)[C@H]([C@H](C)O)[C@H]2C(=O)N[C@H]2C[C@H]3C[C@@H]([C@@H]2C)C3(C)C)CCCC1C1CC(C(=O)N[C@@H](CC2CCCCC2)CN(C)C)CC(C(C)O)C1. The molecule has 0 spiro atoms. The summed E-state index contributed by atoms with van der Waals surface area (Å²) in [4.78, 5) is 37.1. The average Bonchev–Trinajstić information content (AvgIpc) is 3.53. The Bertz CT molecular complexity index is 1290. The van der Waals surface area contributed by atoms with Gasteiger partial charge < -0.3 is 35.6 Å². The van der Waals surface area contributed by atoms with E-state index in [2.05, 4.69) is 50.4 Å². The number of aliphatic hydroxyl groups is 3. The quantitative estimate of drug-likeness (QED) is 0.155. The zero-order valence-electron chi connectivity index (χ0n) is 36.2. The molecule has 5 N–H and O–H groups in total. The van der Waals surface area contributed by atoms with Gasteiger partial charge >= 0.3 is 0 Å². The number of nitrogens with one attached hydrogen (secondary N) is 2. The van der Waals surface area contributed by atoms with E-state index in [0.29, 0.717) is 42.1 Å². The fraction of sp³-hybridized carbons (Fsp3) is 0.956. The van der Waals surface area contributed by atoms with Crippen molar-refractivity contribution in [3.63, 3.8) is 0 Å². The molecule has 2 bridgehead atoms. The first-order valence-electron chi connectivity index (χ1n) is 22.8. The first-order chi connectivity index (χ1) is 26.6. The van der Waals surface area contributed by atoms with E-state index >= 15 is 0 Å². The molecule has 0 aromatic carbocycles. The average molecular weight is 789 g/mol. The van der Waals surface area contributed by atoms with Gasteiger partial charge in [-0.15, -0.1) is 0 Å². The number of amides is 2. The summed E-state index contributed by atoms with van der Waals surface area (Å²) in [6.45, 7) is 11.6. The molecular formula is C45H80N4O7. The molecule has 2 amide bonds. The monoisotopic (exact) mass is 789 g/mol. The van der Waals surface area contributed by atoms with Gasteiger partial charge in [0.1, 0.15) is 12.1 Å². The summed E-state index contributed by atoms with van der Waals surface area (Å²) in [6.07, 6.45) is 12.7. The van der Waals surface area contributed by atoms with Crippen LogP contribution in [0.4, 0.5) is 0 Å². The summed E-state index contributed by atoms with van der Waals surface area (Å²) in [7, 11) is 5.95. The lowest BCUT2D eigenvalue weighted by Gasteiger charge is -2.62. The molecule has 7 unspecified atom stereocenters. The smallest absolute Gasteiger partial charge is 0.240 e. The molecule has 11 heteroatoms. The summed E-state index contributed by atoms with van der Waals surface area (Å²) in [5, 5.41) is 41.1. The van der Waals surface area contributed by atoms with Crippen molar-refractivity contribution in [1.82, 2.24) is 20.6 Å². The van der Waals surface area contributed by atoms with Crippen LogP contribution in [0.3, 0.4) is 0 Å². The van der Waals surface area contributed by atoms with Crippen LogP contribution < -0.4 is 10.6 Å². The molecule has 1 heterocycles. The molecule has 322 valence electrons. The molecule has 7 fully saturated rings. The van der Waals surface area contributed by atoms with E-state index in [4.69, 9.17) is 9.57 Å². The number of hydroxylamine groups is 2. The molecule has 11 nitrogen and oxygen atoms in total. The van der Waals surface area contributed by atoms with Crippen LogP contribution in [0.25, 0.3) is 0 Å². The van der Waals surface area contributed by atoms with Crippen molar-refractivity contribution in [1.29, 1.82) is 0 Å². The van der Waals surface area contributed by atoms with E-state index in [-0.39, 0.29) is 66.2 Å². The third kappa shape index (κ3) is 9.65. The van der Waals surface area contributed by atoms with Crippen LogP contribution in [-0.2, 0) is 19.2 Å². The predicted octanol–water partition coefficient (Wildman–Crippen LogP) is 5.01. The van der Waals surface area contributed by atoms with Crippen LogP contribution in [0.5, 0.6) is 0 Å². The van der Waals surface area contributed by atoms with Crippen LogP contribution >= 0.6 is 0 Å². The van der Waals surface area contributed by atoms with Gasteiger partial charge in [-0.05, 0) is 126 Å². The predicted molar refractivity (Wildman–Crippen MR) is 218 cm³/mol. The Kier molecular flexibility index (Phi) is 14.9. The second kappa shape index (κ2) is 18.9. The van der Waals surface area contributed by atoms with Gasteiger partial charge in [0.2, 0.25) is 11.8 Å². The summed E-state index contributed by atoms with van der Waals surface area (Å²) in [5.74, 6) is 2.02. The zero-order valence-corrected chi connectivity index (χ0v) is 36.2. The fourth-order valence-electron chi connectivity index (χ4n) is 13.2. The van der Waals surface area contributed by atoms with Gasteiger partial charge in [-0.2, -0.15) is 5.06 Å². The Morgan fingerprint density at radius 1 is 0.946 bits per heavy atom. The van der Waals surface area contributed by atoms with Crippen LogP contribution in [-0.4, -0.2) is 121 Å². The lowest BCUT2D eigenvalue weighted by molar-refractivity contribution is -0.193. The Morgan fingerprint density at radius 3 is 2.29 bits per heavy atom. The molecular weight excluding hydrogens is 709 g/mol. The Labute approximate surface area is 338 Å². The van der Waals surface area contributed by atoms with Gasteiger partial charge in [-0.25, -0.2) is 0 Å². The highest BCUT2D eigenvalue weighted by Gasteiger charge is 2.58. The molecule has 16 atom stereocenters. The van der Waals surface area contributed by atoms with Crippen molar-refractivity contribution in [3.8, 4) is 0 Å². The van der Waals surface area contributed by atoms with Gasteiger partial charge in [0.25, 0.3) is 0 Å². The largest absolute Gasteiger partial charge is 0.394 e. The Balaban J connectivity index is 1.15. The Morgan fingerprint density at radius 2 is 1.68 bits per heavy atom.